The predicted octanol–water partition coefficient (Wildman–Crippen LogP) is 5.67. The molecule has 0 aliphatic heterocycles. The number of rotatable bonds is 9. The summed E-state index contributed by atoms with van der Waals surface area (Å²) >= 11 is 0. The van der Waals surface area contributed by atoms with E-state index in [0.717, 1.165) is 24.3 Å². The van der Waals surface area contributed by atoms with E-state index in [1.807, 2.05) is 0 Å². The molecule has 0 bridgehead atoms. The van der Waals surface area contributed by atoms with E-state index in [2.05, 4.69) is 4.98 Å². The molecule has 0 N–H and O–H groups in total. The van der Waals surface area contributed by atoms with Crippen molar-refractivity contribution < 1.29 is 29.8 Å². The van der Waals surface area contributed by atoms with Crippen LogP contribution in [-0.2, 0) is 33.2 Å². The van der Waals surface area contributed by atoms with Gasteiger partial charge in [0.1, 0.15) is 27.2 Å². The molecule has 5 rings (SSSR count). The number of sulfonamides is 1. The van der Waals surface area contributed by atoms with Gasteiger partial charge in [-0.3, -0.25) is 4.98 Å². The molecular formula is C29H22F2N2O5S2. The van der Waals surface area contributed by atoms with Gasteiger partial charge < -0.3 is 4.18 Å². The zero-order valence-electron chi connectivity index (χ0n) is 20.8. The number of para-hydroxylation sites is 1. The third kappa shape index (κ3) is 6.01. The highest BCUT2D eigenvalue weighted by Crippen LogP contribution is 2.28. The van der Waals surface area contributed by atoms with Crippen LogP contribution in [0.4, 0.5) is 8.78 Å². The molecule has 0 aliphatic carbocycles. The highest BCUT2D eigenvalue weighted by Gasteiger charge is 2.27. The first-order valence-electron chi connectivity index (χ1n) is 12.0. The van der Waals surface area contributed by atoms with Crippen molar-refractivity contribution in [1.29, 1.82) is 0 Å². The number of halogens is 2. The molecule has 0 saturated carbocycles. The SMILES string of the molecule is O=S(=O)(Oc1ccc(CN(Cc2ccc(F)cc2)S(=O)(=O)c2cccc3cccnc23)cc1)c1ccc(F)cc1. The fourth-order valence-corrected chi connectivity index (χ4v) is 6.58. The number of fused-ring (bicyclic) bond motifs is 1. The maximum Gasteiger partial charge on any atom is 0.339 e. The van der Waals surface area contributed by atoms with Gasteiger partial charge in [0.05, 0.1) is 5.52 Å². The smallest absolute Gasteiger partial charge is 0.339 e. The monoisotopic (exact) mass is 580 g/mol. The van der Waals surface area contributed by atoms with Crippen molar-refractivity contribution in [3.63, 3.8) is 0 Å². The van der Waals surface area contributed by atoms with Crippen LogP contribution in [0.2, 0.25) is 0 Å². The number of hydrogen-bond acceptors (Lipinski definition) is 6. The Hall–Kier alpha value is -4.19. The predicted molar refractivity (Wildman–Crippen MR) is 145 cm³/mol. The molecule has 0 spiro atoms. The molecule has 4 aromatic carbocycles. The lowest BCUT2D eigenvalue weighted by Gasteiger charge is -2.23. The number of hydrogen-bond donors (Lipinski definition) is 0. The minimum atomic E-state index is -4.20. The Morgan fingerprint density at radius 2 is 1.23 bits per heavy atom. The minimum Gasteiger partial charge on any atom is -0.379 e. The average Bonchev–Trinajstić information content (AvgIpc) is 2.94. The van der Waals surface area contributed by atoms with Gasteiger partial charge >= 0.3 is 10.1 Å². The van der Waals surface area contributed by atoms with Crippen LogP contribution >= 0.6 is 0 Å². The summed E-state index contributed by atoms with van der Waals surface area (Å²) in [6, 6.07) is 24.0. The molecular weight excluding hydrogens is 558 g/mol. The maximum absolute atomic E-state index is 13.9. The van der Waals surface area contributed by atoms with E-state index in [-0.39, 0.29) is 28.6 Å². The normalized spacial score (nSPS) is 12.1. The summed E-state index contributed by atoms with van der Waals surface area (Å²) in [6.07, 6.45) is 1.52. The highest BCUT2D eigenvalue weighted by atomic mass is 32.2. The first-order valence-corrected chi connectivity index (χ1v) is 14.8. The van der Waals surface area contributed by atoms with Crippen LogP contribution in [0.3, 0.4) is 0 Å². The molecule has 40 heavy (non-hydrogen) atoms. The van der Waals surface area contributed by atoms with Crippen LogP contribution in [0.5, 0.6) is 5.75 Å². The van der Waals surface area contributed by atoms with Gasteiger partial charge in [0.25, 0.3) is 0 Å². The molecule has 204 valence electrons. The lowest BCUT2D eigenvalue weighted by molar-refractivity contribution is 0.401. The van der Waals surface area contributed by atoms with Crippen molar-refractivity contribution in [2.75, 3.05) is 0 Å². The van der Waals surface area contributed by atoms with E-state index < -0.39 is 31.8 Å². The van der Waals surface area contributed by atoms with Crippen LogP contribution in [0.15, 0.2) is 119 Å². The summed E-state index contributed by atoms with van der Waals surface area (Å²) in [5, 5.41) is 0.661. The Kier molecular flexibility index (Phi) is 7.61. The van der Waals surface area contributed by atoms with Crippen molar-refractivity contribution in [3.05, 3.63) is 132 Å². The number of benzene rings is 4. The Morgan fingerprint density at radius 3 is 1.85 bits per heavy atom. The maximum atomic E-state index is 13.9. The van der Waals surface area contributed by atoms with E-state index in [1.165, 1.54) is 53.0 Å². The van der Waals surface area contributed by atoms with E-state index in [0.29, 0.717) is 22.0 Å². The molecule has 11 heteroatoms. The number of aromatic nitrogens is 1. The Bertz CT molecular complexity index is 1860. The lowest BCUT2D eigenvalue weighted by atomic mass is 10.2. The van der Waals surface area contributed by atoms with Crippen LogP contribution in [0, 0.1) is 11.6 Å². The third-order valence-electron chi connectivity index (χ3n) is 6.08. The summed E-state index contributed by atoms with van der Waals surface area (Å²) in [7, 11) is -8.29. The van der Waals surface area contributed by atoms with Crippen molar-refractivity contribution in [2.24, 2.45) is 0 Å². The standard InChI is InChI=1S/C29H22F2N2O5S2/c30-24-10-6-21(7-11-24)19-33(39(34,35)28-5-1-3-23-4-2-18-32-29(23)28)20-22-8-14-26(15-9-22)38-40(36,37)27-16-12-25(31)13-17-27/h1-18H,19-20H2. The second-order valence-corrected chi connectivity index (χ2v) is 12.3. The molecule has 0 fully saturated rings. The van der Waals surface area contributed by atoms with Crippen LogP contribution in [0.25, 0.3) is 10.9 Å². The Balaban J connectivity index is 1.44. The van der Waals surface area contributed by atoms with Gasteiger partial charge in [-0.15, -0.1) is 0 Å². The summed E-state index contributed by atoms with van der Waals surface area (Å²) in [4.78, 5) is 4.10. The van der Waals surface area contributed by atoms with E-state index in [1.54, 1.807) is 36.4 Å². The largest absolute Gasteiger partial charge is 0.379 e. The molecule has 1 aromatic heterocycles. The summed E-state index contributed by atoms with van der Waals surface area (Å²) in [6.45, 7) is -0.128. The second kappa shape index (κ2) is 11.1. The number of pyridine rings is 1. The van der Waals surface area contributed by atoms with Crippen molar-refractivity contribution in [3.8, 4) is 5.75 Å². The first-order chi connectivity index (χ1) is 19.1. The molecule has 5 aromatic rings. The fourth-order valence-electron chi connectivity index (χ4n) is 4.07. The van der Waals surface area contributed by atoms with E-state index in [9.17, 15) is 25.6 Å². The summed E-state index contributed by atoms with van der Waals surface area (Å²) < 4.78 is 86.0. The highest BCUT2D eigenvalue weighted by molar-refractivity contribution is 7.89. The minimum absolute atomic E-state index is 0.000676. The Morgan fingerprint density at radius 1 is 0.675 bits per heavy atom. The fraction of sp³-hybridized carbons (Fsp3) is 0.0690. The topological polar surface area (TPSA) is 93.6 Å². The molecule has 0 amide bonds. The molecule has 0 atom stereocenters. The van der Waals surface area contributed by atoms with Crippen molar-refractivity contribution in [2.45, 2.75) is 22.9 Å². The third-order valence-corrected chi connectivity index (χ3v) is 9.16. The quantitative estimate of drug-likeness (QED) is 0.209. The van der Waals surface area contributed by atoms with Gasteiger partial charge in [-0.2, -0.15) is 12.7 Å². The van der Waals surface area contributed by atoms with Gasteiger partial charge in [0, 0.05) is 24.7 Å². The Labute approximate surface area is 230 Å². The zero-order valence-corrected chi connectivity index (χ0v) is 22.4. The zero-order chi connectivity index (χ0) is 28.3. The van der Waals surface area contributed by atoms with Gasteiger partial charge in [-0.1, -0.05) is 42.5 Å². The number of nitrogens with zero attached hydrogens (tertiary/aromatic N) is 2. The van der Waals surface area contributed by atoms with Crippen LogP contribution < -0.4 is 4.18 Å². The summed E-state index contributed by atoms with van der Waals surface area (Å²) in [5.74, 6) is -1.02. The van der Waals surface area contributed by atoms with Crippen molar-refractivity contribution >= 4 is 31.0 Å². The second-order valence-electron chi connectivity index (χ2n) is 8.87. The molecule has 7 nitrogen and oxygen atoms in total. The first kappa shape index (κ1) is 27.4. The van der Waals surface area contributed by atoms with Gasteiger partial charge in [0.2, 0.25) is 10.0 Å². The van der Waals surface area contributed by atoms with E-state index >= 15 is 0 Å². The molecule has 0 saturated heterocycles. The van der Waals surface area contributed by atoms with E-state index in [4.69, 9.17) is 4.18 Å². The molecule has 0 unspecified atom stereocenters. The molecule has 0 radical (unpaired) electrons. The average molecular weight is 581 g/mol. The molecule has 0 aliphatic rings. The van der Waals surface area contributed by atoms with Crippen molar-refractivity contribution in [1.82, 2.24) is 9.29 Å². The van der Waals surface area contributed by atoms with Gasteiger partial charge in [0.15, 0.2) is 0 Å². The van der Waals surface area contributed by atoms with Crippen LogP contribution in [0.1, 0.15) is 11.1 Å². The molecule has 1 heterocycles. The van der Waals surface area contributed by atoms with Crippen LogP contribution in [-0.4, -0.2) is 26.1 Å². The summed E-state index contributed by atoms with van der Waals surface area (Å²) in [5.41, 5.74) is 1.44. The lowest BCUT2D eigenvalue weighted by Crippen LogP contribution is -2.30. The van der Waals surface area contributed by atoms with Gasteiger partial charge in [-0.25, -0.2) is 17.2 Å². The van der Waals surface area contributed by atoms with Gasteiger partial charge in [-0.05, 0) is 71.8 Å².